The minimum atomic E-state index is -0.482. The van der Waals surface area contributed by atoms with E-state index in [4.69, 9.17) is 0 Å². The van der Waals surface area contributed by atoms with Gasteiger partial charge in [0, 0.05) is 43.0 Å². The summed E-state index contributed by atoms with van der Waals surface area (Å²) in [6, 6.07) is 8.43. The number of anilines is 1. The van der Waals surface area contributed by atoms with Gasteiger partial charge in [-0.05, 0) is 25.0 Å². The van der Waals surface area contributed by atoms with Crippen molar-refractivity contribution < 1.29 is 4.92 Å². The minimum Gasteiger partial charge on any atom is -0.370 e. The van der Waals surface area contributed by atoms with Gasteiger partial charge in [0.25, 0.3) is 5.69 Å². The van der Waals surface area contributed by atoms with Crippen molar-refractivity contribution in [1.29, 1.82) is 5.26 Å². The van der Waals surface area contributed by atoms with Gasteiger partial charge in [-0.15, -0.1) is 0 Å². The Morgan fingerprint density at radius 3 is 2.96 bits per heavy atom. The summed E-state index contributed by atoms with van der Waals surface area (Å²) in [5.74, 6) is 0.272. The van der Waals surface area contributed by atoms with E-state index in [1.807, 2.05) is 6.07 Å². The van der Waals surface area contributed by atoms with Crippen LogP contribution in [0, 0.1) is 21.4 Å². The molecule has 2 heterocycles. The summed E-state index contributed by atoms with van der Waals surface area (Å²) in [6.07, 6.45) is 5.29. The van der Waals surface area contributed by atoms with Crippen LogP contribution in [0.15, 0.2) is 36.8 Å². The summed E-state index contributed by atoms with van der Waals surface area (Å²) in [4.78, 5) is 20.7. The summed E-state index contributed by atoms with van der Waals surface area (Å²) in [6.45, 7) is 1.57. The third-order valence-corrected chi connectivity index (χ3v) is 4.10. The molecule has 1 fully saturated rings. The molecule has 0 saturated carbocycles. The van der Waals surface area contributed by atoms with E-state index in [0.717, 1.165) is 37.3 Å². The summed E-state index contributed by atoms with van der Waals surface area (Å²) in [5, 5.41) is 20.2. The van der Waals surface area contributed by atoms with Crippen molar-refractivity contribution in [3.63, 3.8) is 0 Å². The fraction of sp³-hybridized carbons (Fsp3) is 0.312. The summed E-state index contributed by atoms with van der Waals surface area (Å²) < 4.78 is 0. The predicted molar refractivity (Wildman–Crippen MR) is 84.0 cm³/mol. The number of nitro benzene ring substituents is 1. The first-order chi connectivity index (χ1) is 11.2. The van der Waals surface area contributed by atoms with Gasteiger partial charge < -0.3 is 4.90 Å². The minimum absolute atomic E-state index is 0.0605. The standard InChI is InChI=1S/C16H15N5O2/c17-9-13-8-14(21(22)23)3-4-16(13)20-7-1-2-12(10-20)15-5-6-18-11-19-15/h3-6,8,11-12H,1-2,7,10H2/t12-/m0/s1. The van der Waals surface area contributed by atoms with Gasteiger partial charge in [0.1, 0.15) is 12.4 Å². The maximum Gasteiger partial charge on any atom is 0.270 e. The second kappa shape index (κ2) is 6.40. The maximum absolute atomic E-state index is 10.9. The Kier molecular flexibility index (Phi) is 4.15. The van der Waals surface area contributed by atoms with E-state index < -0.39 is 4.92 Å². The Morgan fingerprint density at radius 1 is 1.39 bits per heavy atom. The van der Waals surface area contributed by atoms with Gasteiger partial charge in [-0.2, -0.15) is 5.26 Å². The normalized spacial score (nSPS) is 17.5. The van der Waals surface area contributed by atoms with Crippen molar-refractivity contribution >= 4 is 11.4 Å². The van der Waals surface area contributed by atoms with Crippen LogP contribution in [0.4, 0.5) is 11.4 Å². The molecule has 0 aliphatic carbocycles. The molecule has 1 atom stereocenters. The van der Waals surface area contributed by atoms with E-state index in [2.05, 4.69) is 20.9 Å². The Balaban J connectivity index is 1.87. The van der Waals surface area contributed by atoms with E-state index in [1.54, 1.807) is 18.6 Å². The number of aromatic nitrogens is 2. The second-order valence-electron chi connectivity index (χ2n) is 5.49. The largest absolute Gasteiger partial charge is 0.370 e. The number of non-ortho nitro benzene ring substituents is 1. The Hall–Kier alpha value is -3.01. The molecular weight excluding hydrogens is 294 g/mol. The zero-order valence-electron chi connectivity index (χ0n) is 12.4. The highest BCUT2D eigenvalue weighted by Crippen LogP contribution is 2.32. The molecule has 1 aromatic carbocycles. The Bertz CT molecular complexity index is 757. The van der Waals surface area contributed by atoms with Gasteiger partial charge in [0.15, 0.2) is 0 Å². The number of rotatable bonds is 3. The van der Waals surface area contributed by atoms with Crippen LogP contribution >= 0.6 is 0 Å². The lowest BCUT2D eigenvalue weighted by atomic mass is 9.93. The molecule has 2 aromatic rings. The highest BCUT2D eigenvalue weighted by Gasteiger charge is 2.24. The van der Waals surface area contributed by atoms with E-state index in [-0.39, 0.29) is 11.6 Å². The van der Waals surface area contributed by atoms with Gasteiger partial charge in [0.05, 0.1) is 16.2 Å². The zero-order valence-corrected chi connectivity index (χ0v) is 12.4. The first-order valence-electron chi connectivity index (χ1n) is 7.38. The van der Waals surface area contributed by atoms with Crippen LogP contribution in [-0.4, -0.2) is 28.0 Å². The first kappa shape index (κ1) is 14.9. The summed E-state index contributed by atoms with van der Waals surface area (Å²) in [7, 11) is 0. The van der Waals surface area contributed by atoms with Crippen LogP contribution in [0.25, 0.3) is 0 Å². The van der Waals surface area contributed by atoms with Crippen LogP contribution in [0.5, 0.6) is 0 Å². The Morgan fingerprint density at radius 2 is 2.26 bits per heavy atom. The fourth-order valence-corrected chi connectivity index (χ4v) is 2.98. The molecule has 23 heavy (non-hydrogen) atoms. The lowest BCUT2D eigenvalue weighted by molar-refractivity contribution is -0.384. The number of nitriles is 1. The van der Waals surface area contributed by atoms with Crippen molar-refractivity contribution in [2.24, 2.45) is 0 Å². The van der Waals surface area contributed by atoms with E-state index >= 15 is 0 Å². The number of hydrogen-bond acceptors (Lipinski definition) is 6. The van der Waals surface area contributed by atoms with Gasteiger partial charge in [-0.1, -0.05) is 0 Å². The second-order valence-corrected chi connectivity index (χ2v) is 5.49. The number of piperidine rings is 1. The fourth-order valence-electron chi connectivity index (χ4n) is 2.98. The summed E-state index contributed by atoms with van der Waals surface area (Å²) >= 11 is 0. The average molecular weight is 309 g/mol. The SMILES string of the molecule is N#Cc1cc([N+](=O)[O-])ccc1N1CCC[C@H](c2ccncn2)C1. The van der Waals surface area contributed by atoms with Crippen LogP contribution in [0.3, 0.4) is 0 Å². The van der Waals surface area contributed by atoms with Crippen molar-refractivity contribution in [2.75, 3.05) is 18.0 Å². The third-order valence-electron chi connectivity index (χ3n) is 4.10. The lowest BCUT2D eigenvalue weighted by Crippen LogP contribution is -2.35. The molecule has 0 unspecified atom stereocenters. The van der Waals surface area contributed by atoms with Gasteiger partial charge in [0.2, 0.25) is 0 Å². The van der Waals surface area contributed by atoms with Gasteiger partial charge >= 0.3 is 0 Å². The molecule has 1 aromatic heterocycles. The number of benzene rings is 1. The highest BCUT2D eigenvalue weighted by atomic mass is 16.6. The summed E-state index contributed by atoms with van der Waals surface area (Å²) in [5.41, 5.74) is 2.01. The van der Waals surface area contributed by atoms with Crippen LogP contribution in [0.2, 0.25) is 0 Å². The van der Waals surface area contributed by atoms with Crippen molar-refractivity contribution in [2.45, 2.75) is 18.8 Å². The molecule has 0 N–H and O–H groups in total. The number of hydrogen-bond donors (Lipinski definition) is 0. The monoisotopic (exact) mass is 309 g/mol. The lowest BCUT2D eigenvalue weighted by Gasteiger charge is -2.34. The molecule has 0 spiro atoms. The smallest absolute Gasteiger partial charge is 0.270 e. The van der Waals surface area contributed by atoms with Crippen molar-refractivity contribution in [3.05, 3.63) is 58.2 Å². The maximum atomic E-state index is 10.9. The topological polar surface area (TPSA) is 95.9 Å². The quantitative estimate of drug-likeness (QED) is 0.638. The molecule has 7 nitrogen and oxygen atoms in total. The predicted octanol–water partition coefficient (Wildman–Crippen LogP) is 2.64. The molecule has 7 heteroatoms. The molecule has 0 bridgehead atoms. The molecule has 1 aliphatic heterocycles. The molecule has 1 saturated heterocycles. The van der Waals surface area contributed by atoms with E-state index in [9.17, 15) is 15.4 Å². The van der Waals surface area contributed by atoms with Gasteiger partial charge in [-0.3, -0.25) is 10.1 Å². The molecule has 1 aliphatic rings. The van der Waals surface area contributed by atoms with E-state index in [0.29, 0.717) is 5.56 Å². The number of nitro groups is 1. The molecular formula is C16H15N5O2. The average Bonchev–Trinajstić information content (AvgIpc) is 2.62. The van der Waals surface area contributed by atoms with E-state index in [1.165, 1.54) is 12.1 Å². The third kappa shape index (κ3) is 3.11. The molecule has 0 amide bonds. The Labute approximate surface area is 133 Å². The van der Waals surface area contributed by atoms with Crippen molar-refractivity contribution in [1.82, 2.24) is 9.97 Å². The van der Waals surface area contributed by atoms with Gasteiger partial charge in [-0.25, -0.2) is 9.97 Å². The molecule has 116 valence electrons. The first-order valence-corrected chi connectivity index (χ1v) is 7.38. The zero-order chi connectivity index (χ0) is 16.2. The van der Waals surface area contributed by atoms with Crippen LogP contribution in [-0.2, 0) is 0 Å². The van der Waals surface area contributed by atoms with Crippen LogP contribution in [0.1, 0.15) is 30.0 Å². The number of nitrogens with zero attached hydrogens (tertiary/aromatic N) is 5. The molecule has 3 rings (SSSR count). The molecule has 0 radical (unpaired) electrons. The highest BCUT2D eigenvalue weighted by molar-refractivity contribution is 5.63. The van der Waals surface area contributed by atoms with Crippen LogP contribution < -0.4 is 4.90 Å². The van der Waals surface area contributed by atoms with Crippen molar-refractivity contribution in [3.8, 4) is 6.07 Å².